The van der Waals surface area contributed by atoms with Gasteiger partial charge in [-0.2, -0.15) is 0 Å². The highest BCUT2D eigenvalue weighted by molar-refractivity contribution is 5.34. The molecule has 0 atom stereocenters. The molecule has 1 aliphatic rings. The third kappa shape index (κ3) is 3.97. The molecule has 2 rings (SSSR count). The van der Waals surface area contributed by atoms with Gasteiger partial charge in [-0.3, -0.25) is 0 Å². The summed E-state index contributed by atoms with van der Waals surface area (Å²) >= 11 is 0. The van der Waals surface area contributed by atoms with Gasteiger partial charge in [-0.1, -0.05) is 13.3 Å². The zero-order valence-corrected chi connectivity index (χ0v) is 10.8. The van der Waals surface area contributed by atoms with Crippen LogP contribution < -0.4 is 5.32 Å². The van der Waals surface area contributed by atoms with E-state index in [0.29, 0.717) is 0 Å². The number of nitrogens with one attached hydrogen (secondary N) is 1. The van der Waals surface area contributed by atoms with E-state index in [1.807, 2.05) is 0 Å². The van der Waals surface area contributed by atoms with Crippen molar-refractivity contribution in [3.05, 3.63) is 18.1 Å². The van der Waals surface area contributed by atoms with E-state index in [9.17, 15) is 0 Å². The first-order valence-electron chi connectivity index (χ1n) is 6.54. The topological polar surface area (TPSA) is 41.0 Å². The number of aromatic nitrogens is 2. The van der Waals surface area contributed by atoms with Gasteiger partial charge in [0.2, 0.25) is 0 Å². The van der Waals surface area contributed by atoms with Crippen LogP contribution in [-0.4, -0.2) is 41.0 Å². The Morgan fingerprint density at radius 3 is 2.94 bits per heavy atom. The highest BCUT2D eigenvalue weighted by Crippen LogP contribution is 2.24. The Hall–Kier alpha value is -1.16. The molecule has 0 aliphatic heterocycles. The van der Waals surface area contributed by atoms with E-state index < -0.39 is 0 Å². The van der Waals surface area contributed by atoms with Gasteiger partial charge in [0, 0.05) is 30.9 Å². The molecule has 1 N–H and O–H groups in total. The number of hydrogen-bond donors (Lipinski definition) is 1. The highest BCUT2D eigenvalue weighted by Gasteiger charge is 2.25. The van der Waals surface area contributed by atoms with Crippen molar-refractivity contribution in [1.82, 2.24) is 14.9 Å². The van der Waals surface area contributed by atoms with Gasteiger partial charge in [-0.15, -0.1) is 0 Å². The Morgan fingerprint density at radius 2 is 2.24 bits per heavy atom. The number of anilines is 1. The first-order valence-corrected chi connectivity index (χ1v) is 6.54. The van der Waals surface area contributed by atoms with Gasteiger partial charge >= 0.3 is 0 Å². The second-order valence-electron chi connectivity index (χ2n) is 4.78. The largest absolute Gasteiger partial charge is 0.369 e. The fourth-order valence-corrected chi connectivity index (χ4v) is 1.95. The van der Waals surface area contributed by atoms with Crippen LogP contribution in [0.4, 0.5) is 5.82 Å². The molecule has 1 fully saturated rings. The lowest BCUT2D eigenvalue weighted by atomic mass is 10.2. The lowest BCUT2D eigenvalue weighted by Crippen LogP contribution is -2.27. The molecule has 0 unspecified atom stereocenters. The number of nitrogens with zero attached hydrogens (tertiary/aromatic N) is 3. The summed E-state index contributed by atoms with van der Waals surface area (Å²) in [5.41, 5.74) is 1.13. The predicted octanol–water partition coefficient (Wildman–Crippen LogP) is 1.94. The third-order valence-electron chi connectivity index (χ3n) is 3.17. The second kappa shape index (κ2) is 5.96. The zero-order valence-electron chi connectivity index (χ0n) is 10.8. The Bertz CT molecular complexity index is 349. The van der Waals surface area contributed by atoms with E-state index in [1.54, 1.807) is 6.33 Å². The van der Waals surface area contributed by atoms with Gasteiger partial charge in [-0.05, 0) is 26.3 Å². The minimum absolute atomic E-state index is 0.831. The van der Waals surface area contributed by atoms with Crippen LogP contribution in [-0.2, 0) is 6.42 Å². The molecular formula is C13H22N4. The van der Waals surface area contributed by atoms with E-state index >= 15 is 0 Å². The summed E-state index contributed by atoms with van der Waals surface area (Å²) in [6, 6.07) is 2.89. The van der Waals surface area contributed by atoms with Crippen molar-refractivity contribution in [1.29, 1.82) is 0 Å². The van der Waals surface area contributed by atoms with Crippen molar-refractivity contribution in [2.75, 3.05) is 25.5 Å². The van der Waals surface area contributed by atoms with Crippen LogP contribution in [0, 0.1) is 0 Å². The summed E-state index contributed by atoms with van der Waals surface area (Å²) in [5, 5.41) is 3.36. The van der Waals surface area contributed by atoms with Crippen LogP contribution in [0.15, 0.2) is 12.4 Å². The van der Waals surface area contributed by atoms with Gasteiger partial charge in [0.1, 0.15) is 12.1 Å². The summed E-state index contributed by atoms with van der Waals surface area (Å²) in [6.45, 7) is 4.20. The van der Waals surface area contributed by atoms with Crippen molar-refractivity contribution >= 4 is 5.82 Å². The van der Waals surface area contributed by atoms with Crippen molar-refractivity contribution in [3.8, 4) is 0 Å². The molecule has 1 aromatic rings. The molecule has 1 saturated carbocycles. The Morgan fingerprint density at radius 1 is 1.41 bits per heavy atom. The fourth-order valence-electron chi connectivity index (χ4n) is 1.95. The van der Waals surface area contributed by atoms with E-state index in [0.717, 1.165) is 43.5 Å². The molecule has 0 spiro atoms. The van der Waals surface area contributed by atoms with Crippen LogP contribution in [0.1, 0.15) is 31.9 Å². The second-order valence-corrected chi connectivity index (χ2v) is 4.78. The number of hydrogen-bond acceptors (Lipinski definition) is 4. The van der Waals surface area contributed by atoms with E-state index in [-0.39, 0.29) is 0 Å². The summed E-state index contributed by atoms with van der Waals surface area (Å²) in [4.78, 5) is 10.9. The normalized spacial score (nSPS) is 15.2. The standard InChI is InChI=1S/C13H22N4/c1-3-4-11-9-13(16-10-15-11)14-7-8-17(2)12-5-6-12/h9-10,12H,3-8H2,1-2H3,(H,14,15,16). The molecule has 17 heavy (non-hydrogen) atoms. The molecule has 1 heterocycles. The van der Waals surface area contributed by atoms with Crippen LogP contribution in [0.5, 0.6) is 0 Å². The Labute approximate surface area is 103 Å². The maximum absolute atomic E-state index is 4.25. The lowest BCUT2D eigenvalue weighted by Gasteiger charge is -2.15. The van der Waals surface area contributed by atoms with Gasteiger partial charge in [0.25, 0.3) is 0 Å². The van der Waals surface area contributed by atoms with Crippen LogP contribution in [0.25, 0.3) is 0 Å². The van der Waals surface area contributed by atoms with Crippen LogP contribution >= 0.6 is 0 Å². The molecule has 0 amide bonds. The van der Waals surface area contributed by atoms with Crippen molar-refractivity contribution in [2.24, 2.45) is 0 Å². The van der Waals surface area contributed by atoms with E-state index in [1.165, 1.54) is 12.8 Å². The highest BCUT2D eigenvalue weighted by atomic mass is 15.2. The quantitative estimate of drug-likeness (QED) is 0.782. The molecule has 1 aromatic heterocycles. The minimum Gasteiger partial charge on any atom is -0.369 e. The van der Waals surface area contributed by atoms with Crippen molar-refractivity contribution in [3.63, 3.8) is 0 Å². The molecule has 94 valence electrons. The Balaban J connectivity index is 1.75. The number of aryl methyl sites for hydroxylation is 1. The van der Waals surface area contributed by atoms with Crippen LogP contribution in [0.2, 0.25) is 0 Å². The molecular weight excluding hydrogens is 212 g/mol. The molecule has 0 bridgehead atoms. The fraction of sp³-hybridized carbons (Fsp3) is 0.692. The molecule has 1 aliphatic carbocycles. The van der Waals surface area contributed by atoms with Gasteiger partial charge in [-0.25, -0.2) is 9.97 Å². The third-order valence-corrected chi connectivity index (χ3v) is 3.17. The average Bonchev–Trinajstić information content (AvgIpc) is 3.14. The molecule has 4 nitrogen and oxygen atoms in total. The smallest absolute Gasteiger partial charge is 0.129 e. The Kier molecular flexibility index (Phi) is 4.31. The monoisotopic (exact) mass is 234 g/mol. The number of likely N-dealkylation sites (N-methyl/N-ethyl adjacent to an activating group) is 1. The summed E-state index contributed by atoms with van der Waals surface area (Å²) in [7, 11) is 2.20. The van der Waals surface area contributed by atoms with Crippen molar-refractivity contribution < 1.29 is 0 Å². The number of rotatable bonds is 7. The summed E-state index contributed by atoms with van der Waals surface area (Å²) in [6.07, 6.45) is 6.54. The average molecular weight is 234 g/mol. The molecule has 4 heteroatoms. The molecule has 0 radical (unpaired) electrons. The van der Waals surface area contributed by atoms with Gasteiger partial charge < -0.3 is 10.2 Å². The van der Waals surface area contributed by atoms with Crippen LogP contribution in [0.3, 0.4) is 0 Å². The first kappa shape index (κ1) is 12.3. The van der Waals surface area contributed by atoms with Crippen molar-refractivity contribution in [2.45, 2.75) is 38.6 Å². The predicted molar refractivity (Wildman–Crippen MR) is 70.2 cm³/mol. The lowest BCUT2D eigenvalue weighted by molar-refractivity contribution is 0.337. The van der Waals surface area contributed by atoms with E-state index in [2.05, 4.69) is 40.2 Å². The zero-order chi connectivity index (χ0) is 12.1. The van der Waals surface area contributed by atoms with E-state index in [4.69, 9.17) is 0 Å². The SMILES string of the molecule is CCCc1cc(NCCN(C)C2CC2)ncn1. The maximum Gasteiger partial charge on any atom is 0.129 e. The maximum atomic E-state index is 4.25. The minimum atomic E-state index is 0.831. The molecule has 0 aromatic carbocycles. The molecule has 0 saturated heterocycles. The van der Waals surface area contributed by atoms with Gasteiger partial charge in [0.15, 0.2) is 0 Å². The summed E-state index contributed by atoms with van der Waals surface area (Å²) in [5.74, 6) is 0.952. The first-order chi connectivity index (χ1) is 8.29. The van der Waals surface area contributed by atoms with Gasteiger partial charge in [0.05, 0.1) is 0 Å². The summed E-state index contributed by atoms with van der Waals surface area (Å²) < 4.78 is 0.